The van der Waals surface area contributed by atoms with Crippen molar-refractivity contribution in [1.82, 2.24) is 5.32 Å². The zero-order valence-corrected chi connectivity index (χ0v) is 15.5. The van der Waals surface area contributed by atoms with Crippen LogP contribution in [0.1, 0.15) is 11.1 Å². The molecule has 0 aromatic heterocycles. The van der Waals surface area contributed by atoms with Crippen LogP contribution in [0.4, 0.5) is 0 Å². The highest BCUT2D eigenvalue weighted by Crippen LogP contribution is 2.27. The Morgan fingerprint density at radius 1 is 1.12 bits per heavy atom. The van der Waals surface area contributed by atoms with Crippen LogP contribution in [-0.4, -0.2) is 39.5 Å². The third kappa shape index (κ3) is 6.29. The summed E-state index contributed by atoms with van der Waals surface area (Å²) < 4.78 is 10.5. The van der Waals surface area contributed by atoms with Crippen molar-refractivity contribution in [2.24, 2.45) is 5.16 Å². The second-order valence-electron chi connectivity index (χ2n) is 5.35. The molecule has 2 rings (SSSR count). The highest BCUT2D eigenvalue weighted by molar-refractivity contribution is 6.30. The Hall–Kier alpha value is -2.73. The molecule has 0 spiro atoms. The Balaban J connectivity index is 1.69. The molecule has 0 aliphatic carbocycles. The molecule has 0 fully saturated rings. The molecule has 2 aromatic rings. The predicted octanol–water partition coefficient (Wildman–Crippen LogP) is 3.07. The molecule has 0 aliphatic heterocycles. The normalized spacial score (nSPS) is 10.6. The van der Waals surface area contributed by atoms with Gasteiger partial charge in [0.2, 0.25) is 0 Å². The lowest BCUT2D eigenvalue weighted by atomic mass is 10.1. The van der Waals surface area contributed by atoms with Crippen molar-refractivity contribution in [1.29, 1.82) is 0 Å². The largest absolute Gasteiger partial charge is 0.493 e. The Labute approximate surface area is 157 Å². The minimum Gasteiger partial charge on any atom is -0.493 e. The summed E-state index contributed by atoms with van der Waals surface area (Å²) in [4.78, 5) is 16.7. The first-order valence-electron chi connectivity index (χ1n) is 8.01. The fourth-order valence-electron chi connectivity index (χ4n) is 2.18. The molecular formula is C19H21ClN2O4. The van der Waals surface area contributed by atoms with E-state index in [4.69, 9.17) is 25.9 Å². The fraction of sp³-hybridized carbons (Fsp3) is 0.263. The molecule has 1 N–H and O–H groups in total. The number of amides is 1. The molecule has 0 saturated carbocycles. The van der Waals surface area contributed by atoms with Crippen LogP contribution in [0.15, 0.2) is 47.6 Å². The van der Waals surface area contributed by atoms with E-state index in [0.717, 1.165) is 11.1 Å². The summed E-state index contributed by atoms with van der Waals surface area (Å²) in [5, 5.41) is 7.19. The molecule has 0 saturated heterocycles. The average molecular weight is 377 g/mol. The Morgan fingerprint density at radius 2 is 1.85 bits per heavy atom. The highest BCUT2D eigenvalue weighted by Gasteiger charge is 2.05. The summed E-state index contributed by atoms with van der Waals surface area (Å²) in [6.07, 6.45) is 2.19. The van der Waals surface area contributed by atoms with E-state index in [-0.39, 0.29) is 12.5 Å². The van der Waals surface area contributed by atoms with E-state index in [2.05, 4.69) is 10.5 Å². The van der Waals surface area contributed by atoms with Crippen molar-refractivity contribution in [2.75, 3.05) is 27.4 Å². The number of carbonyl (C=O) groups excluding carboxylic acids is 1. The monoisotopic (exact) mass is 376 g/mol. The number of benzene rings is 2. The first kappa shape index (κ1) is 19.6. The summed E-state index contributed by atoms with van der Waals surface area (Å²) in [7, 11) is 3.18. The molecule has 2 aromatic carbocycles. The zero-order valence-electron chi connectivity index (χ0n) is 14.7. The van der Waals surface area contributed by atoms with Gasteiger partial charge < -0.3 is 19.6 Å². The second kappa shape index (κ2) is 10.3. The Morgan fingerprint density at radius 3 is 2.54 bits per heavy atom. The summed E-state index contributed by atoms with van der Waals surface area (Å²) in [5.41, 5.74) is 1.87. The number of methoxy groups -OCH3 is 2. The van der Waals surface area contributed by atoms with Crippen molar-refractivity contribution >= 4 is 23.7 Å². The van der Waals surface area contributed by atoms with Gasteiger partial charge in [-0.25, -0.2) is 0 Å². The predicted molar refractivity (Wildman–Crippen MR) is 101 cm³/mol. The number of hydrogen-bond donors (Lipinski definition) is 1. The second-order valence-corrected chi connectivity index (χ2v) is 5.79. The number of carbonyl (C=O) groups is 1. The van der Waals surface area contributed by atoms with Crippen molar-refractivity contribution in [3.8, 4) is 11.5 Å². The van der Waals surface area contributed by atoms with Gasteiger partial charge in [-0.1, -0.05) is 35.0 Å². The van der Waals surface area contributed by atoms with Crippen LogP contribution >= 0.6 is 11.6 Å². The lowest BCUT2D eigenvalue weighted by Crippen LogP contribution is -2.28. The van der Waals surface area contributed by atoms with Gasteiger partial charge in [0.15, 0.2) is 18.1 Å². The molecule has 0 heterocycles. The number of halogens is 1. The topological polar surface area (TPSA) is 69.2 Å². The van der Waals surface area contributed by atoms with Gasteiger partial charge >= 0.3 is 0 Å². The van der Waals surface area contributed by atoms with Crippen molar-refractivity contribution < 1.29 is 19.1 Å². The number of rotatable bonds is 9. The van der Waals surface area contributed by atoms with Gasteiger partial charge in [0, 0.05) is 11.6 Å². The zero-order chi connectivity index (χ0) is 18.8. The maximum Gasteiger partial charge on any atom is 0.260 e. The van der Waals surface area contributed by atoms with Crippen molar-refractivity contribution in [3.63, 3.8) is 0 Å². The SMILES string of the molecule is COc1ccc(CCNC(=O)CO/N=C\c2ccc(Cl)cc2)cc1OC. The third-order valence-corrected chi connectivity index (χ3v) is 3.78. The molecule has 0 aliphatic rings. The number of nitrogens with zero attached hydrogens (tertiary/aromatic N) is 1. The van der Waals surface area contributed by atoms with E-state index < -0.39 is 0 Å². The fourth-order valence-corrected chi connectivity index (χ4v) is 2.30. The van der Waals surface area contributed by atoms with Crippen molar-refractivity contribution in [3.05, 3.63) is 58.6 Å². The third-order valence-electron chi connectivity index (χ3n) is 3.53. The molecule has 7 heteroatoms. The van der Waals surface area contributed by atoms with Crippen LogP contribution in [0.3, 0.4) is 0 Å². The van der Waals surface area contributed by atoms with Crippen LogP contribution < -0.4 is 14.8 Å². The summed E-state index contributed by atoms with van der Waals surface area (Å²) in [6, 6.07) is 12.8. The minimum atomic E-state index is -0.237. The quantitative estimate of drug-likeness (QED) is 0.539. The maximum absolute atomic E-state index is 11.7. The molecule has 0 radical (unpaired) electrons. The molecule has 6 nitrogen and oxygen atoms in total. The number of oxime groups is 1. The van der Waals surface area contributed by atoms with Gasteiger partial charge in [0.05, 0.1) is 20.4 Å². The van der Waals surface area contributed by atoms with E-state index >= 15 is 0 Å². The number of nitrogens with one attached hydrogen (secondary N) is 1. The van der Waals surface area contributed by atoms with Gasteiger partial charge in [-0.05, 0) is 41.8 Å². The molecular weight excluding hydrogens is 356 g/mol. The first-order chi connectivity index (χ1) is 12.6. The van der Waals surface area contributed by atoms with Crippen LogP contribution in [-0.2, 0) is 16.1 Å². The maximum atomic E-state index is 11.7. The van der Waals surface area contributed by atoms with Crippen LogP contribution in [0.5, 0.6) is 11.5 Å². The number of hydrogen-bond acceptors (Lipinski definition) is 5. The Bertz CT molecular complexity index is 748. The van der Waals surface area contributed by atoms with E-state index in [1.165, 1.54) is 6.21 Å². The number of ether oxygens (including phenoxy) is 2. The summed E-state index contributed by atoms with van der Waals surface area (Å²) in [5.74, 6) is 1.10. The molecule has 138 valence electrons. The van der Waals surface area contributed by atoms with Gasteiger partial charge in [0.1, 0.15) is 0 Å². The molecule has 26 heavy (non-hydrogen) atoms. The summed E-state index contributed by atoms with van der Waals surface area (Å²) >= 11 is 5.80. The molecule has 1 amide bonds. The van der Waals surface area contributed by atoms with E-state index in [0.29, 0.717) is 29.5 Å². The molecule has 0 unspecified atom stereocenters. The smallest absolute Gasteiger partial charge is 0.260 e. The standard InChI is InChI=1S/C19H21ClN2O4/c1-24-17-8-5-14(11-18(17)25-2)9-10-21-19(23)13-26-22-12-15-3-6-16(20)7-4-15/h3-8,11-12H,9-10,13H2,1-2H3,(H,21,23)/b22-12-. The van der Waals surface area contributed by atoms with Gasteiger partial charge in [0.25, 0.3) is 5.91 Å². The summed E-state index contributed by atoms with van der Waals surface area (Å²) in [6.45, 7) is 0.342. The van der Waals surface area contributed by atoms with Crippen LogP contribution in [0, 0.1) is 0 Å². The van der Waals surface area contributed by atoms with Gasteiger partial charge in [-0.15, -0.1) is 0 Å². The Kier molecular flexibility index (Phi) is 7.76. The highest BCUT2D eigenvalue weighted by atomic mass is 35.5. The molecule has 0 atom stereocenters. The molecule has 0 bridgehead atoms. The van der Waals surface area contributed by atoms with Crippen LogP contribution in [0.25, 0.3) is 0 Å². The van der Waals surface area contributed by atoms with Gasteiger partial charge in [-0.2, -0.15) is 0 Å². The average Bonchev–Trinajstić information content (AvgIpc) is 2.66. The first-order valence-corrected chi connectivity index (χ1v) is 8.38. The lowest BCUT2D eigenvalue weighted by Gasteiger charge is -2.10. The van der Waals surface area contributed by atoms with E-state index in [1.807, 2.05) is 18.2 Å². The van der Waals surface area contributed by atoms with Crippen LogP contribution in [0.2, 0.25) is 5.02 Å². The van der Waals surface area contributed by atoms with E-state index in [9.17, 15) is 4.79 Å². The van der Waals surface area contributed by atoms with Gasteiger partial charge in [-0.3, -0.25) is 4.79 Å². The van der Waals surface area contributed by atoms with E-state index in [1.54, 1.807) is 38.5 Å². The van der Waals surface area contributed by atoms with Crippen molar-refractivity contribution in [2.45, 2.75) is 6.42 Å². The minimum absolute atomic E-state index is 0.143. The lowest BCUT2D eigenvalue weighted by molar-refractivity contribution is -0.125.